The number of nitrogens with zero attached hydrogens (tertiary/aromatic N) is 5. The molecule has 1 saturated heterocycles. The van der Waals surface area contributed by atoms with Crippen molar-refractivity contribution in [2.75, 3.05) is 58.5 Å². The summed E-state index contributed by atoms with van der Waals surface area (Å²) in [5, 5.41) is 5.81. The number of likely N-dealkylation sites (N-methyl/N-ethyl adjacent to an activating group) is 1. The minimum atomic E-state index is -0.762. The zero-order chi connectivity index (χ0) is 30.2. The topological polar surface area (TPSA) is 106 Å². The van der Waals surface area contributed by atoms with E-state index in [0.29, 0.717) is 46.0 Å². The number of aromatic nitrogens is 1. The van der Waals surface area contributed by atoms with E-state index in [0.717, 1.165) is 44.2 Å². The third-order valence-corrected chi connectivity index (χ3v) is 7.17. The Morgan fingerprint density at radius 2 is 1.81 bits per heavy atom. The standard InChI is InChI=1S/C32H35FN6O4/c1-37-14-16-38(17-15-37)13-6-18-42-31-21-27-25(20-30(31)41-2)28(11-12-35-27)43-29-10-9-23(19-26(29)33)22-36-39(32(34)40)24-7-4-3-5-8-24/h3-5,7-12,19-22H,6,13-18H2,1-2H3,(H2,34,40). The number of benzene rings is 3. The third kappa shape index (κ3) is 7.56. The van der Waals surface area contributed by atoms with Crippen LogP contribution in [0.5, 0.6) is 23.0 Å². The zero-order valence-electron chi connectivity index (χ0n) is 24.3. The molecule has 1 fully saturated rings. The van der Waals surface area contributed by atoms with Crippen molar-refractivity contribution in [2.45, 2.75) is 6.42 Å². The lowest BCUT2D eigenvalue weighted by molar-refractivity contribution is 0.145. The maximum atomic E-state index is 15.1. The lowest BCUT2D eigenvalue weighted by Gasteiger charge is -2.32. The highest BCUT2D eigenvalue weighted by atomic mass is 19.1. The number of anilines is 1. The van der Waals surface area contributed by atoms with Gasteiger partial charge in [-0.25, -0.2) is 9.18 Å². The molecule has 0 bridgehead atoms. The number of halogens is 1. The lowest BCUT2D eigenvalue weighted by atomic mass is 10.1. The second-order valence-corrected chi connectivity index (χ2v) is 10.2. The molecule has 2 N–H and O–H groups in total. The summed E-state index contributed by atoms with van der Waals surface area (Å²) in [4.78, 5) is 21.1. The van der Waals surface area contributed by atoms with Crippen LogP contribution in [0.3, 0.4) is 0 Å². The number of rotatable bonds is 11. The first kappa shape index (κ1) is 29.7. The maximum absolute atomic E-state index is 15.1. The Hall–Kier alpha value is -4.74. The predicted octanol–water partition coefficient (Wildman–Crippen LogP) is 5.11. The summed E-state index contributed by atoms with van der Waals surface area (Å²) in [6.45, 7) is 5.84. The first-order valence-electron chi connectivity index (χ1n) is 14.1. The molecule has 0 saturated carbocycles. The summed E-state index contributed by atoms with van der Waals surface area (Å²) in [5.74, 6) is 0.950. The Labute approximate surface area is 250 Å². The van der Waals surface area contributed by atoms with Gasteiger partial charge in [-0.3, -0.25) is 4.98 Å². The van der Waals surface area contributed by atoms with Crippen molar-refractivity contribution < 1.29 is 23.4 Å². The quantitative estimate of drug-likeness (QED) is 0.148. The van der Waals surface area contributed by atoms with E-state index in [-0.39, 0.29) is 5.75 Å². The molecule has 3 aromatic carbocycles. The number of pyridine rings is 1. The number of carbonyl (C=O) groups is 1. The first-order valence-corrected chi connectivity index (χ1v) is 14.1. The molecule has 0 radical (unpaired) electrons. The van der Waals surface area contributed by atoms with Crippen LogP contribution < -0.4 is 25.0 Å². The number of primary amides is 1. The average molecular weight is 587 g/mol. The van der Waals surface area contributed by atoms with Crippen LogP contribution in [-0.4, -0.2) is 80.5 Å². The van der Waals surface area contributed by atoms with Crippen LogP contribution in [0.4, 0.5) is 14.9 Å². The van der Waals surface area contributed by atoms with Crippen LogP contribution in [0, 0.1) is 5.82 Å². The summed E-state index contributed by atoms with van der Waals surface area (Å²) < 4.78 is 32.8. The van der Waals surface area contributed by atoms with E-state index in [1.807, 2.05) is 12.1 Å². The molecule has 2 heterocycles. The van der Waals surface area contributed by atoms with Gasteiger partial charge in [-0.1, -0.05) is 18.2 Å². The molecule has 1 aromatic heterocycles. The summed E-state index contributed by atoms with van der Waals surface area (Å²) in [5.41, 5.74) is 7.00. The molecule has 0 aliphatic carbocycles. The Balaban J connectivity index is 1.27. The number of urea groups is 1. The largest absolute Gasteiger partial charge is 0.493 e. The molecule has 43 heavy (non-hydrogen) atoms. The van der Waals surface area contributed by atoms with Crippen molar-refractivity contribution in [1.29, 1.82) is 0 Å². The molecule has 0 spiro atoms. The van der Waals surface area contributed by atoms with E-state index >= 15 is 4.39 Å². The SMILES string of the molecule is COc1cc2c(Oc3ccc(C=NN(C(N)=O)c4ccccc4)cc3F)ccnc2cc1OCCCN1CCN(C)CC1. The fraction of sp³-hybridized carbons (Fsp3) is 0.281. The van der Waals surface area contributed by atoms with Gasteiger partial charge >= 0.3 is 6.03 Å². The van der Waals surface area contributed by atoms with Crippen molar-refractivity contribution in [3.05, 3.63) is 84.3 Å². The van der Waals surface area contributed by atoms with Gasteiger partial charge in [0.25, 0.3) is 0 Å². The molecule has 0 atom stereocenters. The Morgan fingerprint density at radius 3 is 2.53 bits per heavy atom. The number of ether oxygens (including phenoxy) is 3. The van der Waals surface area contributed by atoms with Gasteiger partial charge in [0.15, 0.2) is 23.1 Å². The number of amides is 2. The highest BCUT2D eigenvalue weighted by molar-refractivity contribution is 5.93. The number of fused-ring (bicyclic) bond motifs is 1. The minimum absolute atomic E-state index is 0.0164. The van der Waals surface area contributed by atoms with E-state index in [1.165, 1.54) is 18.3 Å². The normalized spacial score (nSPS) is 14.2. The van der Waals surface area contributed by atoms with Crippen LogP contribution in [0.1, 0.15) is 12.0 Å². The molecule has 5 rings (SSSR count). The summed E-state index contributed by atoms with van der Waals surface area (Å²) in [6.07, 6.45) is 3.85. The van der Waals surface area contributed by atoms with Crippen LogP contribution in [0.2, 0.25) is 0 Å². The van der Waals surface area contributed by atoms with Gasteiger partial charge in [0, 0.05) is 50.4 Å². The molecule has 4 aromatic rings. The Kier molecular flexibility index (Phi) is 9.65. The molecule has 11 heteroatoms. The summed E-state index contributed by atoms with van der Waals surface area (Å²) in [6, 6.07) is 17.6. The second kappa shape index (κ2) is 14.0. The molecule has 10 nitrogen and oxygen atoms in total. The number of carbonyl (C=O) groups excluding carboxylic acids is 1. The van der Waals surface area contributed by atoms with Gasteiger partial charge in [0.2, 0.25) is 0 Å². The lowest BCUT2D eigenvalue weighted by Crippen LogP contribution is -2.44. The van der Waals surface area contributed by atoms with Crippen LogP contribution in [0.25, 0.3) is 10.9 Å². The first-order chi connectivity index (χ1) is 20.9. The van der Waals surface area contributed by atoms with Crippen molar-refractivity contribution in [1.82, 2.24) is 14.8 Å². The van der Waals surface area contributed by atoms with Crippen LogP contribution >= 0.6 is 0 Å². The minimum Gasteiger partial charge on any atom is -0.493 e. The highest BCUT2D eigenvalue weighted by Gasteiger charge is 2.16. The van der Waals surface area contributed by atoms with Crippen molar-refractivity contribution in [2.24, 2.45) is 10.8 Å². The predicted molar refractivity (Wildman–Crippen MR) is 165 cm³/mol. The molecule has 0 unspecified atom stereocenters. The van der Waals surface area contributed by atoms with Crippen molar-refractivity contribution in [3.63, 3.8) is 0 Å². The molecule has 1 aliphatic heterocycles. The number of hydrogen-bond donors (Lipinski definition) is 1. The number of hydrogen-bond acceptors (Lipinski definition) is 8. The maximum Gasteiger partial charge on any atom is 0.340 e. The molecular formula is C32H35FN6O4. The second-order valence-electron chi connectivity index (χ2n) is 10.2. The number of para-hydroxylation sites is 1. The Morgan fingerprint density at radius 1 is 1.02 bits per heavy atom. The Bertz CT molecular complexity index is 1580. The fourth-order valence-electron chi connectivity index (χ4n) is 4.77. The van der Waals surface area contributed by atoms with Gasteiger partial charge in [-0.2, -0.15) is 10.1 Å². The van der Waals surface area contributed by atoms with Gasteiger partial charge in [0.1, 0.15) is 5.75 Å². The number of hydrazone groups is 1. The highest BCUT2D eigenvalue weighted by Crippen LogP contribution is 2.37. The zero-order valence-corrected chi connectivity index (χ0v) is 24.3. The third-order valence-electron chi connectivity index (χ3n) is 7.17. The molecule has 1 aliphatic rings. The van der Waals surface area contributed by atoms with Crippen molar-refractivity contribution in [3.8, 4) is 23.0 Å². The van der Waals surface area contributed by atoms with E-state index < -0.39 is 11.8 Å². The van der Waals surface area contributed by atoms with Gasteiger partial charge in [-0.05, 0) is 61.5 Å². The van der Waals surface area contributed by atoms with E-state index in [9.17, 15) is 4.79 Å². The molecule has 2 amide bonds. The fourth-order valence-corrected chi connectivity index (χ4v) is 4.77. The molecule has 224 valence electrons. The molecular weight excluding hydrogens is 551 g/mol. The van der Waals surface area contributed by atoms with Crippen molar-refractivity contribution >= 4 is 28.8 Å². The van der Waals surface area contributed by atoms with Crippen LogP contribution in [0.15, 0.2) is 78.0 Å². The summed E-state index contributed by atoms with van der Waals surface area (Å²) >= 11 is 0. The monoisotopic (exact) mass is 586 g/mol. The van der Waals surface area contributed by atoms with E-state index in [2.05, 4.69) is 26.9 Å². The van der Waals surface area contributed by atoms with Crippen LogP contribution in [-0.2, 0) is 0 Å². The average Bonchev–Trinajstić information content (AvgIpc) is 3.01. The van der Waals surface area contributed by atoms with E-state index in [4.69, 9.17) is 19.9 Å². The van der Waals surface area contributed by atoms with E-state index in [1.54, 1.807) is 55.8 Å². The smallest absolute Gasteiger partial charge is 0.340 e. The number of nitrogens with two attached hydrogens (primary N) is 1. The van der Waals surface area contributed by atoms with Gasteiger partial charge in [0.05, 0.1) is 31.1 Å². The van der Waals surface area contributed by atoms with Gasteiger partial charge in [-0.15, -0.1) is 0 Å². The van der Waals surface area contributed by atoms with Gasteiger partial charge < -0.3 is 29.7 Å². The number of piperazine rings is 1. The summed E-state index contributed by atoms with van der Waals surface area (Å²) in [7, 11) is 3.72. The number of methoxy groups -OCH3 is 1.